The highest BCUT2D eigenvalue weighted by atomic mass is 35.5. The standard InChI is InChI=1S/C23H18Cl3N3O3/c24-18-7-4-15(5-8-18)14-32-19-3-1-2-16(10-19)12-28-29-22(30)13-27-23(31)17-6-9-20(25)21(26)11-17/h1-12H,13-14H2,(H,27,31)(H,29,30)/b28-12+. The molecular weight excluding hydrogens is 473 g/mol. The normalized spacial score (nSPS) is 10.7. The lowest BCUT2D eigenvalue weighted by Gasteiger charge is -2.07. The third-order valence-electron chi connectivity index (χ3n) is 4.17. The maximum atomic E-state index is 12.1. The molecule has 0 fully saturated rings. The molecular formula is C23H18Cl3N3O3. The first-order valence-corrected chi connectivity index (χ1v) is 10.6. The molecule has 0 unspecified atom stereocenters. The van der Waals surface area contributed by atoms with Crippen LogP contribution in [0.3, 0.4) is 0 Å². The zero-order valence-electron chi connectivity index (χ0n) is 16.6. The Morgan fingerprint density at radius 2 is 1.72 bits per heavy atom. The molecule has 3 rings (SSSR count). The Balaban J connectivity index is 1.46. The van der Waals surface area contributed by atoms with Gasteiger partial charge >= 0.3 is 0 Å². The van der Waals surface area contributed by atoms with E-state index in [-0.39, 0.29) is 11.6 Å². The molecule has 0 aliphatic heterocycles. The fourth-order valence-electron chi connectivity index (χ4n) is 2.55. The van der Waals surface area contributed by atoms with Crippen molar-refractivity contribution in [2.75, 3.05) is 6.54 Å². The highest BCUT2D eigenvalue weighted by Crippen LogP contribution is 2.22. The van der Waals surface area contributed by atoms with Crippen LogP contribution in [0.25, 0.3) is 0 Å². The molecule has 9 heteroatoms. The Hall–Kier alpha value is -3.06. The van der Waals surface area contributed by atoms with Crippen LogP contribution in [0, 0.1) is 0 Å². The predicted octanol–water partition coefficient (Wildman–Crippen LogP) is 5.11. The monoisotopic (exact) mass is 489 g/mol. The van der Waals surface area contributed by atoms with E-state index in [1.807, 2.05) is 30.3 Å². The van der Waals surface area contributed by atoms with Crippen molar-refractivity contribution < 1.29 is 14.3 Å². The Labute approximate surface area is 200 Å². The van der Waals surface area contributed by atoms with Gasteiger partial charge in [0.15, 0.2) is 0 Å². The van der Waals surface area contributed by atoms with Crippen LogP contribution in [-0.2, 0) is 11.4 Å². The maximum absolute atomic E-state index is 12.1. The van der Waals surface area contributed by atoms with Crippen LogP contribution in [0.15, 0.2) is 71.8 Å². The largest absolute Gasteiger partial charge is 0.489 e. The van der Waals surface area contributed by atoms with Gasteiger partial charge in [-0.2, -0.15) is 5.10 Å². The van der Waals surface area contributed by atoms with Crippen molar-refractivity contribution in [3.63, 3.8) is 0 Å². The molecule has 164 valence electrons. The molecule has 2 N–H and O–H groups in total. The number of hydrogen-bond donors (Lipinski definition) is 2. The molecule has 0 bridgehead atoms. The summed E-state index contributed by atoms with van der Waals surface area (Å²) in [4.78, 5) is 24.0. The average Bonchev–Trinajstić information content (AvgIpc) is 2.79. The molecule has 0 saturated heterocycles. The van der Waals surface area contributed by atoms with Gasteiger partial charge in [-0.3, -0.25) is 9.59 Å². The number of ether oxygens (including phenoxy) is 1. The molecule has 0 heterocycles. The zero-order valence-corrected chi connectivity index (χ0v) is 18.9. The third-order valence-corrected chi connectivity index (χ3v) is 5.16. The lowest BCUT2D eigenvalue weighted by atomic mass is 10.2. The number of halogens is 3. The first-order chi connectivity index (χ1) is 15.4. The second-order valence-electron chi connectivity index (χ2n) is 6.59. The van der Waals surface area contributed by atoms with Crippen molar-refractivity contribution in [2.24, 2.45) is 5.10 Å². The molecule has 2 amide bonds. The predicted molar refractivity (Wildman–Crippen MR) is 127 cm³/mol. The van der Waals surface area contributed by atoms with E-state index in [0.717, 1.165) is 11.1 Å². The number of hydrazone groups is 1. The molecule has 6 nitrogen and oxygen atoms in total. The van der Waals surface area contributed by atoms with Crippen LogP contribution in [0.5, 0.6) is 5.75 Å². The Bertz CT molecular complexity index is 1130. The van der Waals surface area contributed by atoms with Crippen molar-refractivity contribution in [1.29, 1.82) is 0 Å². The lowest BCUT2D eigenvalue weighted by Crippen LogP contribution is -2.34. The summed E-state index contributed by atoms with van der Waals surface area (Å²) in [6.45, 7) is 0.147. The molecule has 0 atom stereocenters. The minimum atomic E-state index is -0.482. The van der Waals surface area contributed by atoms with E-state index < -0.39 is 11.8 Å². The molecule has 0 saturated carbocycles. The molecule has 3 aromatic rings. The van der Waals surface area contributed by atoms with Gasteiger partial charge in [0.2, 0.25) is 0 Å². The van der Waals surface area contributed by atoms with Crippen molar-refractivity contribution in [1.82, 2.24) is 10.7 Å². The van der Waals surface area contributed by atoms with Gasteiger partial charge in [-0.1, -0.05) is 59.1 Å². The molecule has 0 aliphatic rings. The van der Waals surface area contributed by atoms with Crippen molar-refractivity contribution in [3.8, 4) is 5.75 Å². The van der Waals surface area contributed by atoms with E-state index in [4.69, 9.17) is 39.5 Å². The number of nitrogens with one attached hydrogen (secondary N) is 2. The third kappa shape index (κ3) is 7.27. The topological polar surface area (TPSA) is 79.8 Å². The maximum Gasteiger partial charge on any atom is 0.259 e. The fourth-order valence-corrected chi connectivity index (χ4v) is 2.97. The Morgan fingerprint density at radius 3 is 2.47 bits per heavy atom. The summed E-state index contributed by atoms with van der Waals surface area (Å²) >= 11 is 17.6. The van der Waals surface area contributed by atoms with Crippen LogP contribution in [-0.4, -0.2) is 24.6 Å². The van der Waals surface area contributed by atoms with Gasteiger partial charge in [-0.25, -0.2) is 5.43 Å². The minimum Gasteiger partial charge on any atom is -0.489 e. The van der Waals surface area contributed by atoms with Crippen molar-refractivity contribution in [3.05, 3.63) is 98.5 Å². The van der Waals surface area contributed by atoms with E-state index in [0.29, 0.717) is 28.0 Å². The smallest absolute Gasteiger partial charge is 0.259 e. The number of rotatable bonds is 8. The minimum absolute atomic E-state index is 0.249. The summed E-state index contributed by atoms with van der Waals surface area (Å²) in [6.07, 6.45) is 1.48. The van der Waals surface area contributed by atoms with Crippen molar-refractivity contribution >= 4 is 52.8 Å². The van der Waals surface area contributed by atoms with Crippen LogP contribution >= 0.6 is 34.8 Å². The summed E-state index contributed by atoms with van der Waals surface area (Å²) in [5.74, 6) is -0.276. The second kappa shape index (κ2) is 11.5. The van der Waals surface area contributed by atoms with Gasteiger partial charge in [-0.05, 0) is 53.6 Å². The van der Waals surface area contributed by atoms with Crippen LogP contribution < -0.4 is 15.5 Å². The molecule has 0 spiro atoms. The van der Waals surface area contributed by atoms with Gasteiger partial charge in [0.1, 0.15) is 12.4 Å². The highest BCUT2D eigenvalue weighted by Gasteiger charge is 2.09. The Morgan fingerprint density at radius 1 is 0.938 bits per heavy atom. The quantitative estimate of drug-likeness (QED) is 0.340. The summed E-state index contributed by atoms with van der Waals surface area (Å²) in [6, 6.07) is 19.1. The van der Waals surface area contributed by atoms with Gasteiger partial charge in [0, 0.05) is 10.6 Å². The SMILES string of the molecule is O=C(CNC(=O)c1ccc(Cl)c(Cl)c1)N/N=C/c1cccc(OCc2ccc(Cl)cc2)c1. The van der Waals surface area contributed by atoms with Crippen molar-refractivity contribution in [2.45, 2.75) is 6.61 Å². The summed E-state index contributed by atoms with van der Waals surface area (Å²) in [5, 5.41) is 7.66. The van der Waals surface area contributed by atoms with E-state index in [9.17, 15) is 9.59 Å². The number of benzene rings is 3. The zero-order chi connectivity index (χ0) is 22.9. The number of amides is 2. The molecule has 32 heavy (non-hydrogen) atoms. The number of carbonyl (C=O) groups is 2. The van der Waals surface area contributed by atoms with E-state index in [1.54, 1.807) is 18.2 Å². The average molecular weight is 491 g/mol. The number of nitrogens with zero attached hydrogens (tertiary/aromatic N) is 1. The highest BCUT2D eigenvalue weighted by molar-refractivity contribution is 6.42. The lowest BCUT2D eigenvalue weighted by molar-refractivity contribution is -0.120. The molecule has 0 aromatic heterocycles. The van der Waals surface area contributed by atoms with Crippen LogP contribution in [0.4, 0.5) is 0 Å². The Kier molecular flexibility index (Phi) is 8.50. The van der Waals surface area contributed by atoms with Gasteiger partial charge in [0.25, 0.3) is 11.8 Å². The van der Waals surface area contributed by atoms with Gasteiger partial charge in [0.05, 0.1) is 22.8 Å². The number of carbonyl (C=O) groups excluding carboxylic acids is 2. The molecule has 3 aromatic carbocycles. The van der Waals surface area contributed by atoms with Crippen LogP contribution in [0.1, 0.15) is 21.5 Å². The fraction of sp³-hybridized carbons (Fsp3) is 0.0870. The summed E-state index contributed by atoms with van der Waals surface area (Å²) < 4.78 is 5.77. The molecule has 0 aliphatic carbocycles. The second-order valence-corrected chi connectivity index (χ2v) is 7.84. The first-order valence-electron chi connectivity index (χ1n) is 9.43. The summed E-state index contributed by atoms with van der Waals surface area (Å²) in [7, 11) is 0. The van der Waals surface area contributed by atoms with Gasteiger partial charge in [-0.15, -0.1) is 0 Å². The van der Waals surface area contributed by atoms with E-state index >= 15 is 0 Å². The number of hydrogen-bond acceptors (Lipinski definition) is 4. The summed E-state index contributed by atoms with van der Waals surface area (Å²) in [5.41, 5.74) is 4.38. The molecule has 0 radical (unpaired) electrons. The van der Waals surface area contributed by atoms with E-state index in [2.05, 4.69) is 15.8 Å². The van der Waals surface area contributed by atoms with E-state index in [1.165, 1.54) is 24.4 Å². The van der Waals surface area contributed by atoms with Gasteiger partial charge < -0.3 is 10.1 Å². The first kappa shape index (κ1) is 23.6. The van der Waals surface area contributed by atoms with Crippen LogP contribution in [0.2, 0.25) is 15.1 Å².